The van der Waals surface area contributed by atoms with Gasteiger partial charge in [0.2, 0.25) is 0 Å². The van der Waals surface area contributed by atoms with Gasteiger partial charge in [0.15, 0.2) is 5.11 Å². The standard InChI is InChI=1S/C11H14N2S/c12-11(14)13-10-6-5-8-3-1-2-4-9(8)7-10/h1-4,10H,5-7H2,(H3,12,13,14). The Kier molecular flexibility index (Phi) is 2.68. The molecule has 2 rings (SSSR count). The molecule has 0 aliphatic heterocycles. The lowest BCUT2D eigenvalue weighted by atomic mass is 9.88. The van der Waals surface area contributed by atoms with Gasteiger partial charge < -0.3 is 11.1 Å². The summed E-state index contributed by atoms with van der Waals surface area (Å²) in [7, 11) is 0. The second-order valence-electron chi connectivity index (χ2n) is 3.72. The zero-order valence-corrected chi connectivity index (χ0v) is 8.81. The van der Waals surface area contributed by atoms with Crippen LogP contribution in [-0.4, -0.2) is 11.2 Å². The molecule has 0 fully saturated rings. The van der Waals surface area contributed by atoms with Crippen molar-refractivity contribution in [3.63, 3.8) is 0 Å². The lowest BCUT2D eigenvalue weighted by Crippen LogP contribution is -2.41. The highest BCUT2D eigenvalue weighted by Crippen LogP contribution is 2.20. The number of nitrogens with two attached hydrogens (primary N) is 1. The summed E-state index contributed by atoms with van der Waals surface area (Å²) in [5.41, 5.74) is 8.35. The summed E-state index contributed by atoms with van der Waals surface area (Å²) in [5.74, 6) is 0. The number of rotatable bonds is 1. The predicted octanol–water partition coefficient (Wildman–Crippen LogP) is 1.38. The fourth-order valence-corrected chi connectivity index (χ4v) is 2.19. The number of thiocarbonyl (C=S) groups is 1. The Morgan fingerprint density at radius 1 is 1.36 bits per heavy atom. The van der Waals surface area contributed by atoms with Crippen molar-refractivity contribution in [3.8, 4) is 0 Å². The van der Waals surface area contributed by atoms with Crippen LogP contribution in [-0.2, 0) is 12.8 Å². The molecule has 0 radical (unpaired) electrons. The molecule has 0 bridgehead atoms. The van der Waals surface area contributed by atoms with Gasteiger partial charge in [-0.05, 0) is 42.6 Å². The summed E-state index contributed by atoms with van der Waals surface area (Å²) < 4.78 is 0. The molecule has 1 aliphatic rings. The maximum absolute atomic E-state index is 5.46. The maximum Gasteiger partial charge on any atom is 0.163 e. The average molecular weight is 206 g/mol. The fraction of sp³-hybridized carbons (Fsp3) is 0.364. The summed E-state index contributed by atoms with van der Waals surface area (Å²) in [6.45, 7) is 0. The summed E-state index contributed by atoms with van der Waals surface area (Å²) in [4.78, 5) is 0. The molecular weight excluding hydrogens is 192 g/mol. The van der Waals surface area contributed by atoms with Crippen molar-refractivity contribution >= 4 is 17.3 Å². The van der Waals surface area contributed by atoms with E-state index < -0.39 is 0 Å². The van der Waals surface area contributed by atoms with Gasteiger partial charge in [-0.2, -0.15) is 0 Å². The van der Waals surface area contributed by atoms with Gasteiger partial charge in [-0.25, -0.2) is 0 Å². The molecule has 74 valence electrons. The molecule has 3 N–H and O–H groups in total. The summed E-state index contributed by atoms with van der Waals surface area (Å²) in [6.07, 6.45) is 3.28. The van der Waals surface area contributed by atoms with Crippen molar-refractivity contribution in [2.45, 2.75) is 25.3 Å². The van der Waals surface area contributed by atoms with Crippen molar-refractivity contribution in [1.82, 2.24) is 5.32 Å². The van der Waals surface area contributed by atoms with Gasteiger partial charge in [-0.3, -0.25) is 0 Å². The smallest absolute Gasteiger partial charge is 0.163 e. The molecule has 0 heterocycles. The third kappa shape index (κ3) is 2.04. The molecule has 1 aromatic rings. The van der Waals surface area contributed by atoms with E-state index in [1.165, 1.54) is 11.1 Å². The van der Waals surface area contributed by atoms with E-state index in [0.717, 1.165) is 19.3 Å². The topological polar surface area (TPSA) is 38.0 Å². The minimum atomic E-state index is 0.411. The van der Waals surface area contributed by atoms with Crippen molar-refractivity contribution in [2.24, 2.45) is 5.73 Å². The zero-order chi connectivity index (χ0) is 9.97. The molecule has 0 amide bonds. The molecule has 0 saturated heterocycles. The molecule has 1 atom stereocenters. The highest BCUT2D eigenvalue weighted by molar-refractivity contribution is 7.80. The Labute approximate surface area is 89.5 Å². The van der Waals surface area contributed by atoms with E-state index in [1.807, 2.05) is 0 Å². The SMILES string of the molecule is NC(=S)NC1CCc2ccccc2C1. The number of hydrogen-bond donors (Lipinski definition) is 2. The minimum Gasteiger partial charge on any atom is -0.376 e. The van der Waals surface area contributed by atoms with E-state index in [1.54, 1.807) is 0 Å². The van der Waals surface area contributed by atoms with Crippen LogP contribution < -0.4 is 11.1 Å². The number of hydrogen-bond acceptors (Lipinski definition) is 1. The Morgan fingerprint density at radius 2 is 2.07 bits per heavy atom. The fourth-order valence-electron chi connectivity index (χ4n) is 2.02. The highest BCUT2D eigenvalue weighted by atomic mass is 32.1. The first-order valence-electron chi connectivity index (χ1n) is 4.88. The number of fused-ring (bicyclic) bond motifs is 1. The van der Waals surface area contributed by atoms with E-state index in [4.69, 9.17) is 18.0 Å². The number of benzene rings is 1. The van der Waals surface area contributed by atoms with E-state index in [-0.39, 0.29) is 0 Å². The molecule has 1 unspecified atom stereocenters. The Bertz CT molecular complexity index is 349. The first kappa shape index (κ1) is 9.46. The summed E-state index contributed by atoms with van der Waals surface area (Å²) in [5, 5.41) is 3.54. The van der Waals surface area contributed by atoms with Gasteiger partial charge in [0.1, 0.15) is 0 Å². The monoisotopic (exact) mass is 206 g/mol. The Balaban J connectivity index is 2.09. The first-order chi connectivity index (χ1) is 6.75. The van der Waals surface area contributed by atoms with Crippen LogP contribution in [0, 0.1) is 0 Å². The van der Waals surface area contributed by atoms with Crippen LogP contribution in [0.3, 0.4) is 0 Å². The molecule has 0 saturated carbocycles. The van der Waals surface area contributed by atoms with Gasteiger partial charge in [0.05, 0.1) is 0 Å². The van der Waals surface area contributed by atoms with Crippen LogP contribution in [0.15, 0.2) is 24.3 Å². The average Bonchev–Trinajstić information content (AvgIpc) is 2.17. The number of aryl methyl sites for hydroxylation is 1. The van der Waals surface area contributed by atoms with Crippen LogP contribution in [0.5, 0.6) is 0 Å². The van der Waals surface area contributed by atoms with E-state index in [9.17, 15) is 0 Å². The van der Waals surface area contributed by atoms with Crippen molar-refractivity contribution in [1.29, 1.82) is 0 Å². The molecule has 0 aromatic heterocycles. The summed E-state index contributed by atoms with van der Waals surface area (Å²) >= 11 is 4.84. The van der Waals surface area contributed by atoms with Crippen LogP contribution in [0.2, 0.25) is 0 Å². The van der Waals surface area contributed by atoms with Crippen molar-refractivity contribution < 1.29 is 0 Å². The van der Waals surface area contributed by atoms with Gasteiger partial charge in [-0.1, -0.05) is 24.3 Å². The van der Waals surface area contributed by atoms with Crippen LogP contribution >= 0.6 is 12.2 Å². The lowest BCUT2D eigenvalue weighted by molar-refractivity contribution is 0.530. The second-order valence-corrected chi connectivity index (χ2v) is 4.16. The van der Waals surface area contributed by atoms with Gasteiger partial charge >= 0.3 is 0 Å². The highest BCUT2D eigenvalue weighted by Gasteiger charge is 2.17. The van der Waals surface area contributed by atoms with Gasteiger partial charge in [-0.15, -0.1) is 0 Å². The van der Waals surface area contributed by atoms with Crippen LogP contribution in [0.25, 0.3) is 0 Å². The second kappa shape index (κ2) is 3.96. The Morgan fingerprint density at radius 3 is 2.79 bits per heavy atom. The molecule has 3 heteroatoms. The molecule has 1 aromatic carbocycles. The van der Waals surface area contributed by atoms with Gasteiger partial charge in [0, 0.05) is 6.04 Å². The zero-order valence-electron chi connectivity index (χ0n) is 7.99. The lowest BCUT2D eigenvalue weighted by Gasteiger charge is -2.25. The Hall–Kier alpha value is -1.09. The third-order valence-corrected chi connectivity index (χ3v) is 2.81. The molecule has 0 spiro atoms. The molecule has 14 heavy (non-hydrogen) atoms. The van der Waals surface area contributed by atoms with E-state index in [0.29, 0.717) is 11.2 Å². The van der Waals surface area contributed by atoms with Crippen LogP contribution in [0.1, 0.15) is 17.5 Å². The molecule has 2 nitrogen and oxygen atoms in total. The van der Waals surface area contributed by atoms with Crippen LogP contribution in [0.4, 0.5) is 0 Å². The normalized spacial score (nSPS) is 19.9. The van der Waals surface area contributed by atoms with Crippen molar-refractivity contribution in [2.75, 3.05) is 0 Å². The first-order valence-corrected chi connectivity index (χ1v) is 5.29. The van der Waals surface area contributed by atoms with Gasteiger partial charge in [0.25, 0.3) is 0 Å². The molecule has 1 aliphatic carbocycles. The van der Waals surface area contributed by atoms with E-state index >= 15 is 0 Å². The predicted molar refractivity (Wildman–Crippen MR) is 62.2 cm³/mol. The number of nitrogens with one attached hydrogen (secondary N) is 1. The third-order valence-electron chi connectivity index (χ3n) is 2.69. The maximum atomic E-state index is 5.46. The van der Waals surface area contributed by atoms with Crippen molar-refractivity contribution in [3.05, 3.63) is 35.4 Å². The largest absolute Gasteiger partial charge is 0.376 e. The molecular formula is C11H14N2S. The quantitative estimate of drug-likeness (QED) is 0.682. The minimum absolute atomic E-state index is 0.411. The van der Waals surface area contributed by atoms with E-state index in [2.05, 4.69) is 29.6 Å². The summed E-state index contributed by atoms with van der Waals surface area (Å²) in [6, 6.07) is 8.99.